The van der Waals surface area contributed by atoms with E-state index in [1.807, 2.05) is 26.8 Å². The van der Waals surface area contributed by atoms with Crippen molar-refractivity contribution in [2.45, 2.75) is 84.2 Å². The van der Waals surface area contributed by atoms with Crippen LogP contribution in [-0.4, -0.2) is 51.4 Å². The topological polar surface area (TPSA) is 76.7 Å². The first-order valence-corrected chi connectivity index (χ1v) is 14.2. The first-order valence-electron chi connectivity index (χ1n) is 14.2. The Morgan fingerprint density at radius 3 is 2.38 bits per heavy atom. The van der Waals surface area contributed by atoms with Crippen molar-refractivity contribution in [3.05, 3.63) is 60.4 Å². The number of rotatable bonds is 3. The Bertz CT molecular complexity index is 1590. The van der Waals surface area contributed by atoms with Crippen LogP contribution in [-0.2, 0) is 14.0 Å². The molecule has 3 aromatic carbocycles. The molecule has 1 atom stereocenters. The molecule has 2 aliphatic heterocycles. The van der Waals surface area contributed by atoms with E-state index >= 15 is 0 Å². The summed E-state index contributed by atoms with van der Waals surface area (Å²) >= 11 is 0. The zero-order chi connectivity index (χ0) is 28.4. The number of amides is 1. The van der Waals surface area contributed by atoms with Gasteiger partial charge in [0, 0.05) is 6.54 Å². The lowest BCUT2D eigenvalue weighted by atomic mass is 9.78. The molecule has 0 spiro atoms. The third-order valence-corrected chi connectivity index (χ3v) is 8.42. The Hall–Kier alpha value is -3.36. The number of carbonyl (C=O) groups excluding carboxylic acids is 1. The van der Waals surface area contributed by atoms with Crippen molar-refractivity contribution in [2.75, 3.05) is 6.54 Å². The van der Waals surface area contributed by atoms with E-state index in [9.17, 15) is 4.79 Å². The monoisotopic (exact) mass is 539 g/mol. The van der Waals surface area contributed by atoms with Gasteiger partial charge in [-0.25, -0.2) is 9.78 Å². The molecule has 0 aliphatic carbocycles. The van der Waals surface area contributed by atoms with Crippen molar-refractivity contribution in [1.82, 2.24) is 14.9 Å². The van der Waals surface area contributed by atoms with E-state index in [1.165, 1.54) is 0 Å². The number of ether oxygens (including phenoxy) is 1. The lowest BCUT2D eigenvalue weighted by Gasteiger charge is -2.32. The fraction of sp³-hybridized carbons (Fsp3) is 0.438. The van der Waals surface area contributed by atoms with E-state index in [2.05, 4.69) is 81.2 Å². The number of aromatic amines is 1. The third kappa shape index (κ3) is 4.88. The summed E-state index contributed by atoms with van der Waals surface area (Å²) in [6, 6.07) is 19.1. The van der Waals surface area contributed by atoms with Crippen LogP contribution < -0.4 is 5.46 Å². The number of nitrogens with one attached hydrogen (secondary N) is 1. The molecule has 40 heavy (non-hydrogen) atoms. The molecule has 0 radical (unpaired) electrons. The number of imidazole rings is 1. The number of benzene rings is 3. The van der Waals surface area contributed by atoms with Crippen molar-refractivity contribution >= 4 is 40.5 Å². The summed E-state index contributed by atoms with van der Waals surface area (Å²) in [6.45, 7) is 14.6. The molecule has 4 aromatic rings. The van der Waals surface area contributed by atoms with Crippen molar-refractivity contribution in [3.63, 3.8) is 0 Å². The smallest absolute Gasteiger partial charge is 0.444 e. The quantitative estimate of drug-likeness (QED) is 0.292. The van der Waals surface area contributed by atoms with Crippen LogP contribution in [0.5, 0.6) is 0 Å². The summed E-state index contributed by atoms with van der Waals surface area (Å²) < 4.78 is 18.2. The first-order chi connectivity index (χ1) is 18.8. The van der Waals surface area contributed by atoms with Gasteiger partial charge in [0.15, 0.2) is 0 Å². The van der Waals surface area contributed by atoms with Gasteiger partial charge in [-0.05, 0) is 107 Å². The summed E-state index contributed by atoms with van der Waals surface area (Å²) in [5, 5.41) is 2.30. The van der Waals surface area contributed by atoms with Crippen molar-refractivity contribution in [2.24, 2.45) is 0 Å². The van der Waals surface area contributed by atoms with Crippen LogP contribution in [0.2, 0.25) is 0 Å². The van der Waals surface area contributed by atoms with Crippen molar-refractivity contribution < 1.29 is 18.8 Å². The van der Waals surface area contributed by atoms with Gasteiger partial charge in [0.1, 0.15) is 11.4 Å². The molecule has 2 fully saturated rings. The average Bonchev–Trinajstić information content (AvgIpc) is 3.57. The van der Waals surface area contributed by atoms with E-state index in [4.69, 9.17) is 19.0 Å². The number of H-pyrrole nitrogens is 1. The maximum atomic E-state index is 12.8. The second kappa shape index (κ2) is 9.35. The highest BCUT2D eigenvalue weighted by Crippen LogP contribution is 2.37. The van der Waals surface area contributed by atoms with E-state index in [1.54, 1.807) is 4.90 Å². The number of likely N-dealkylation sites (tertiary alicyclic amines) is 1. The summed E-state index contributed by atoms with van der Waals surface area (Å²) in [4.78, 5) is 23.0. The van der Waals surface area contributed by atoms with Crippen LogP contribution in [0.15, 0.2) is 54.6 Å². The second-order valence-electron chi connectivity index (χ2n) is 13.1. The second-order valence-corrected chi connectivity index (χ2v) is 13.1. The van der Waals surface area contributed by atoms with Crippen LogP contribution in [0.25, 0.3) is 32.9 Å². The van der Waals surface area contributed by atoms with E-state index in [0.29, 0.717) is 6.54 Å². The van der Waals surface area contributed by atoms with Crippen LogP contribution in [0.3, 0.4) is 0 Å². The molecule has 2 aliphatic rings. The molecule has 1 N–H and O–H groups in total. The molecule has 8 heteroatoms. The Morgan fingerprint density at radius 1 is 0.975 bits per heavy atom. The highest BCUT2D eigenvalue weighted by Gasteiger charge is 2.51. The van der Waals surface area contributed by atoms with Crippen molar-refractivity contribution in [3.8, 4) is 11.1 Å². The zero-order valence-electron chi connectivity index (χ0n) is 24.5. The van der Waals surface area contributed by atoms with Gasteiger partial charge in [0.2, 0.25) is 0 Å². The molecule has 0 unspecified atom stereocenters. The molecular formula is C32H38BN3O4. The van der Waals surface area contributed by atoms with Gasteiger partial charge in [0.05, 0.1) is 28.3 Å². The highest BCUT2D eigenvalue weighted by atomic mass is 16.7. The van der Waals surface area contributed by atoms with Crippen LogP contribution >= 0.6 is 0 Å². The average molecular weight is 539 g/mol. The summed E-state index contributed by atoms with van der Waals surface area (Å²) in [5.74, 6) is 0.807. The normalized spacial score (nSPS) is 20.5. The molecule has 6 rings (SSSR count). The minimum absolute atomic E-state index is 0.111. The fourth-order valence-electron chi connectivity index (χ4n) is 5.53. The van der Waals surface area contributed by atoms with Crippen LogP contribution in [0.1, 0.15) is 73.2 Å². The molecular weight excluding hydrogens is 501 g/mol. The third-order valence-electron chi connectivity index (χ3n) is 8.42. The molecule has 208 valence electrons. The lowest BCUT2D eigenvalue weighted by molar-refractivity contribution is 0.00578. The lowest BCUT2D eigenvalue weighted by Crippen LogP contribution is -2.41. The van der Waals surface area contributed by atoms with Crippen LogP contribution in [0.4, 0.5) is 4.79 Å². The highest BCUT2D eigenvalue weighted by molar-refractivity contribution is 6.62. The van der Waals surface area contributed by atoms with Crippen molar-refractivity contribution in [1.29, 1.82) is 0 Å². The SMILES string of the molecule is CC(C)(C)OC(=O)N1CCC[C@H]1c1nc2ccc(-c3ccc4ccc(B5OC(C)(C)C(C)(C)O5)cc4c3)cc2[nH]1. The van der Waals surface area contributed by atoms with Gasteiger partial charge in [-0.2, -0.15) is 0 Å². The molecule has 0 saturated carbocycles. The number of fused-ring (bicyclic) bond motifs is 2. The molecule has 1 amide bonds. The van der Waals surface area contributed by atoms with E-state index < -0.39 is 12.7 Å². The number of hydrogen-bond acceptors (Lipinski definition) is 5. The predicted molar refractivity (Wildman–Crippen MR) is 160 cm³/mol. The van der Waals surface area contributed by atoms with Gasteiger partial charge in [-0.1, -0.05) is 36.4 Å². The van der Waals surface area contributed by atoms with Crippen LogP contribution in [0, 0.1) is 0 Å². The number of aromatic nitrogens is 2. The summed E-state index contributed by atoms with van der Waals surface area (Å²) in [7, 11) is -0.395. The molecule has 7 nitrogen and oxygen atoms in total. The Kier molecular flexibility index (Phi) is 6.28. The summed E-state index contributed by atoms with van der Waals surface area (Å²) in [6.07, 6.45) is 1.51. The molecule has 0 bridgehead atoms. The van der Waals surface area contributed by atoms with E-state index in [-0.39, 0.29) is 23.3 Å². The zero-order valence-corrected chi connectivity index (χ0v) is 24.5. The van der Waals surface area contributed by atoms with Gasteiger partial charge in [-0.15, -0.1) is 0 Å². The van der Waals surface area contributed by atoms with E-state index in [0.717, 1.165) is 57.1 Å². The largest absolute Gasteiger partial charge is 0.494 e. The van der Waals surface area contributed by atoms with Gasteiger partial charge in [0.25, 0.3) is 0 Å². The van der Waals surface area contributed by atoms with Gasteiger partial charge in [-0.3, -0.25) is 4.90 Å². The Labute approximate surface area is 236 Å². The molecule has 2 saturated heterocycles. The molecule has 3 heterocycles. The maximum Gasteiger partial charge on any atom is 0.494 e. The maximum absolute atomic E-state index is 12.8. The minimum atomic E-state index is -0.530. The Morgan fingerprint density at radius 2 is 1.65 bits per heavy atom. The predicted octanol–water partition coefficient (Wildman–Crippen LogP) is 6.75. The minimum Gasteiger partial charge on any atom is -0.444 e. The Balaban J connectivity index is 1.28. The number of hydrogen-bond donors (Lipinski definition) is 1. The number of carbonyl (C=O) groups is 1. The van der Waals surface area contributed by atoms with Gasteiger partial charge >= 0.3 is 13.2 Å². The fourth-order valence-corrected chi connectivity index (χ4v) is 5.53. The molecule has 1 aromatic heterocycles. The summed E-state index contributed by atoms with van der Waals surface area (Å²) in [5.41, 5.74) is 3.79. The standard InChI is InChI=1S/C32H38BN3O4/c1-30(2,3)38-29(37)36-16-8-9-27(36)28-34-25-15-13-22(19-26(25)35-28)21-11-10-20-12-14-24(18-23(20)17-21)33-39-31(4,5)32(6,7)40-33/h10-15,17-19,27H,8-9,16H2,1-7H3,(H,34,35)/t27-/m0/s1. The number of nitrogens with zero attached hydrogens (tertiary/aromatic N) is 2. The first kappa shape index (κ1) is 26.8. The van der Waals surface area contributed by atoms with Gasteiger partial charge < -0.3 is 19.0 Å².